The van der Waals surface area contributed by atoms with Crippen molar-refractivity contribution in [2.75, 3.05) is 7.11 Å². The number of hydrogen-bond donors (Lipinski definition) is 1. The summed E-state index contributed by atoms with van der Waals surface area (Å²) < 4.78 is 10.9. The summed E-state index contributed by atoms with van der Waals surface area (Å²) in [6.45, 7) is 0. The summed E-state index contributed by atoms with van der Waals surface area (Å²) in [4.78, 5) is 36.3. The minimum absolute atomic E-state index is 0.0917. The number of rotatable bonds is 6. The van der Waals surface area contributed by atoms with Gasteiger partial charge in [-0.2, -0.15) is 5.01 Å². The Morgan fingerprint density at radius 2 is 1.91 bits per heavy atom. The second-order valence-electron chi connectivity index (χ2n) is 6.66. The van der Waals surface area contributed by atoms with E-state index in [1.165, 1.54) is 19.3 Å². The number of hydrogen-bond acceptors (Lipinski definition) is 8. The number of para-hydroxylation sites is 1. The van der Waals surface area contributed by atoms with E-state index in [0.29, 0.717) is 22.6 Å². The minimum atomic E-state index is -0.518. The lowest BCUT2D eigenvalue weighted by molar-refractivity contribution is -0.384. The van der Waals surface area contributed by atoms with Gasteiger partial charge in [-0.3, -0.25) is 25.1 Å². The van der Waals surface area contributed by atoms with Crippen LogP contribution in [0, 0.1) is 10.1 Å². The zero-order valence-electron chi connectivity index (χ0n) is 17.0. The highest BCUT2D eigenvalue weighted by molar-refractivity contribution is 8.26. The van der Waals surface area contributed by atoms with Gasteiger partial charge in [-0.05, 0) is 54.7 Å². The molecule has 3 aromatic rings. The van der Waals surface area contributed by atoms with Crippen LogP contribution in [-0.4, -0.2) is 33.2 Å². The number of nitro benzene ring substituents is 1. The first-order valence-electron chi connectivity index (χ1n) is 9.44. The number of methoxy groups -OCH3 is 1. The van der Waals surface area contributed by atoms with Gasteiger partial charge in [-0.15, -0.1) is 0 Å². The Labute approximate surface area is 197 Å². The third-order valence-corrected chi connectivity index (χ3v) is 5.93. The van der Waals surface area contributed by atoms with Crippen molar-refractivity contribution in [3.8, 4) is 17.1 Å². The smallest absolute Gasteiger partial charge is 0.285 e. The van der Waals surface area contributed by atoms with Crippen molar-refractivity contribution in [3.05, 3.63) is 87.0 Å². The molecule has 2 heterocycles. The standard InChI is InChI=1S/C22H15N3O6S2/c1-30-14-8-6-13(7-9-14)20(26)23-24-21(27)19(33-22(24)32)12-15-10-11-18(31-15)16-4-2-3-5-17(16)25(28)29/h2-12H,1H3,(H,23,26)/b19-12+. The van der Waals surface area contributed by atoms with Crippen LogP contribution in [-0.2, 0) is 4.79 Å². The van der Waals surface area contributed by atoms with Gasteiger partial charge < -0.3 is 9.15 Å². The van der Waals surface area contributed by atoms with E-state index in [4.69, 9.17) is 21.4 Å². The monoisotopic (exact) mass is 481 g/mol. The van der Waals surface area contributed by atoms with E-state index in [1.807, 2.05) is 0 Å². The molecule has 1 saturated heterocycles. The number of nitrogens with zero attached hydrogens (tertiary/aromatic N) is 2. The fraction of sp³-hybridized carbons (Fsp3) is 0.0455. The Kier molecular flexibility index (Phi) is 6.24. The summed E-state index contributed by atoms with van der Waals surface area (Å²) in [5, 5.41) is 12.3. The van der Waals surface area contributed by atoms with Crippen LogP contribution in [0.3, 0.4) is 0 Å². The van der Waals surface area contributed by atoms with Gasteiger partial charge in [-0.25, -0.2) is 0 Å². The lowest BCUT2D eigenvalue weighted by atomic mass is 10.1. The van der Waals surface area contributed by atoms with Gasteiger partial charge >= 0.3 is 0 Å². The molecule has 9 nitrogen and oxygen atoms in total. The van der Waals surface area contributed by atoms with Crippen molar-refractivity contribution in [2.24, 2.45) is 0 Å². The van der Waals surface area contributed by atoms with Crippen molar-refractivity contribution in [1.82, 2.24) is 10.4 Å². The molecule has 4 rings (SSSR count). The molecule has 1 aliphatic rings. The van der Waals surface area contributed by atoms with Crippen LogP contribution in [0.1, 0.15) is 16.1 Å². The van der Waals surface area contributed by atoms with E-state index >= 15 is 0 Å². The van der Waals surface area contributed by atoms with E-state index in [9.17, 15) is 19.7 Å². The van der Waals surface area contributed by atoms with Gasteiger partial charge in [-0.1, -0.05) is 23.9 Å². The Morgan fingerprint density at radius 1 is 1.18 bits per heavy atom. The van der Waals surface area contributed by atoms with Crippen molar-refractivity contribution in [3.63, 3.8) is 0 Å². The van der Waals surface area contributed by atoms with Crippen LogP contribution in [0.25, 0.3) is 17.4 Å². The highest BCUT2D eigenvalue weighted by Gasteiger charge is 2.34. The van der Waals surface area contributed by atoms with E-state index in [2.05, 4.69) is 5.43 Å². The van der Waals surface area contributed by atoms with E-state index in [0.717, 1.165) is 16.8 Å². The van der Waals surface area contributed by atoms with Gasteiger partial charge in [0, 0.05) is 17.7 Å². The number of ether oxygens (including phenoxy) is 1. The number of nitro groups is 1. The second-order valence-corrected chi connectivity index (χ2v) is 8.34. The van der Waals surface area contributed by atoms with Gasteiger partial charge in [0.1, 0.15) is 17.3 Å². The molecule has 1 fully saturated rings. The number of thiocarbonyl (C=S) groups is 1. The normalized spacial score (nSPS) is 14.6. The number of thioether (sulfide) groups is 1. The lowest BCUT2D eigenvalue weighted by Gasteiger charge is -2.15. The average molecular weight is 482 g/mol. The molecule has 166 valence electrons. The molecule has 11 heteroatoms. The lowest BCUT2D eigenvalue weighted by Crippen LogP contribution is -2.44. The SMILES string of the molecule is COc1ccc(C(=O)NN2C(=O)/C(=C\c3ccc(-c4ccccc4[N+](=O)[O-])o3)SC2=S)cc1. The zero-order valence-corrected chi connectivity index (χ0v) is 18.6. The molecular weight excluding hydrogens is 466 g/mol. The third kappa shape index (κ3) is 4.64. The average Bonchev–Trinajstić information content (AvgIpc) is 3.39. The molecule has 1 N–H and O–H groups in total. The molecule has 2 amide bonds. The molecule has 0 bridgehead atoms. The first-order chi connectivity index (χ1) is 15.9. The molecular formula is C22H15N3O6S2. The van der Waals surface area contributed by atoms with Crippen molar-refractivity contribution >= 4 is 51.9 Å². The van der Waals surface area contributed by atoms with Gasteiger partial charge in [0.05, 0.1) is 22.5 Å². The Bertz CT molecular complexity index is 1300. The summed E-state index contributed by atoms with van der Waals surface area (Å²) in [6.07, 6.45) is 1.47. The predicted octanol–water partition coefficient (Wildman–Crippen LogP) is 4.41. The molecule has 0 aliphatic carbocycles. The number of hydrazine groups is 1. The van der Waals surface area contributed by atoms with E-state index in [-0.39, 0.29) is 20.7 Å². The Hall–Kier alpha value is -3.96. The zero-order chi connectivity index (χ0) is 23.5. The molecule has 33 heavy (non-hydrogen) atoms. The fourth-order valence-corrected chi connectivity index (χ4v) is 4.18. The number of carbonyl (C=O) groups is 2. The second kappa shape index (κ2) is 9.27. The summed E-state index contributed by atoms with van der Waals surface area (Å²) in [7, 11) is 1.52. The van der Waals surface area contributed by atoms with Gasteiger partial charge in [0.2, 0.25) is 0 Å². The molecule has 1 aromatic heterocycles. The van der Waals surface area contributed by atoms with Gasteiger partial charge in [0.15, 0.2) is 4.32 Å². The fourth-order valence-electron chi connectivity index (χ4n) is 3.02. The van der Waals surface area contributed by atoms with Crippen LogP contribution < -0.4 is 10.2 Å². The Morgan fingerprint density at radius 3 is 2.61 bits per heavy atom. The maximum Gasteiger partial charge on any atom is 0.285 e. The maximum atomic E-state index is 12.8. The first-order valence-corrected chi connectivity index (χ1v) is 10.7. The minimum Gasteiger partial charge on any atom is -0.497 e. The molecule has 2 aromatic carbocycles. The summed E-state index contributed by atoms with van der Waals surface area (Å²) >= 11 is 6.23. The van der Waals surface area contributed by atoms with Crippen LogP contribution in [0.5, 0.6) is 5.75 Å². The number of nitrogens with one attached hydrogen (secondary N) is 1. The third-order valence-electron chi connectivity index (χ3n) is 4.63. The van der Waals surface area contributed by atoms with E-state index < -0.39 is 16.7 Å². The molecule has 0 unspecified atom stereocenters. The van der Waals surface area contributed by atoms with Gasteiger partial charge in [0.25, 0.3) is 17.5 Å². The summed E-state index contributed by atoms with van der Waals surface area (Å²) in [5.41, 5.74) is 3.05. The molecule has 0 atom stereocenters. The van der Waals surface area contributed by atoms with E-state index in [1.54, 1.807) is 54.6 Å². The number of carbonyl (C=O) groups excluding carboxylic acids is 2. The molecule has 1 aliphatic heterocycles. The van der Waals surface area contributed by atoms with Crippen LogP contribution >= 0.6 is 24.0 Å². The van der Waals surface area contributed by atoms with Crippen LogP contribution in [0.4, 0.5) is 5.69 Å². The van der Waals surface area contributed by atoms with Crippen LogP contribution in [0.2, 0.25) is 0 Å². The van der Waals surface area contributed by atoms with Crippen molar-refractivity contribution in [2.45, 2.75) is 0 Å². The largest absolute Gasteiger partial charge is 0.497 e. The number of amides is 2. The highest BCUT2D eigenvalue weighted by Crippen LogP contribution is 2.34. The molecule has 0 radical (unpaired) electrons. The summed E-state index contributed by atoms with van der Waals surface area (Å²) in [5.74, 6) is 0.170. The van der Waals surface area contributed by atoms with Crippen LogP contribution in [0.15, 0.2) is 70.0 Å². The highest BCUT2D eigenvalue weighted by atomic mass is 32.2. The maximum absolute atomic E-state index is 12.8. The first kappa shape index (κ1) is 22.2. The van der Waals surface area contributed by atoms with Crippen molar-refractivity contribution in [1.29, 1.82) is 0 Å². The topological polar surface area (TPSA) is 115 Å². The number of benzene rings is 2. The van der Waals surface area contributed by atoms with Crippen molar-refractivity contribution < 1.29 is 23.7 Å². The predicted molar refractivity (Wildman–Crippen MR) is 126 cm³/mol. The Balaban J connectivity index is 1.51. The molecule has 0 saturated carbocycles. The molecule has 0 spiro atoms. The summed E-state index contributed by atoms with van der Waals surface area (Å²) in [6, 6.07) is 15.8. The quantitative estimate of drug-likeness (QED) is 0.238. The number of furan rings is 1.